The molecule has 1 unspecified atom stereocenters. The summed E-state index contributed by atoms with van der Waals surface area (Å²) < 4.78 is 0. The molecule has 1 spiro atoms. The molecule has 4 nitrogen and oxygen atoms in total. The third kappa shape index (κ3) is 2.14. The first-order chi connectivity index (χ1) is 9.66. The number of rotatable bonds is 3. The summed E-state index contributed by atoms with van der Waals surface area (Å²) in [5, 5.41) is 4.99. The Bertz CT molecular complexity index is 506. The maximum Gasteiger partial charge on any atom is 0.249 e. The van der Waals surface area contributed by atoms with Crippen molar-refractivity contribution >= 4 is 23.2 Å². The molecule has 0 radical (unpaired) electrons. The maximum absolute atomic E-state index is 12.9. The Morgan fingerprint density at radius 3 is 2.75 bits per heavy atom. The number of amides is 2. The molecule has 2 heterocycles. The summed E-state index contributed by atoms with van der Waals surface area (Å²) in [7, 11) is 0. The highest BCUT2D eigenvalue weighted by Gasteiger charge is 2.49. The van der Waals surface area contributed by atoms with E-state index in [1.165, 1.54) is 4.88 Å². The van der Waals surface area contributed by atoms with Gasteiger partial charge >= 0.3 is 0 Å². The number of carbonyl (C=O) groups excluding carboxylic acids is 2. The summed E-state index contributed by atoms with van der Waals surface area (Å²) in [5.41, 5.74) is -0.611. The van der Waals surface area contributed by atoms with Crippen molar-refractivity contribution in [3.05, 3.63) is 22.4 Å². The molecule has 1 saturated carbocycles. The Morgan fingerprint density at radius 1 is 1.40 bits per heavy atom. The van der Waals surface area contributed by atoms with Crippen LogP contribution in [0, 0.1) is 0 Å². The zero-order valence-electron chi connectivity index (χ0n) is 11.7. The van der Waals surface area contributed by atoms with Crippen LogP contribution in [-0.2, 0) is 9.59 Å². The zero-order valence-corrected chi connectivity index (χ0v) is 12.5. The van der Waals surface area contributed by atoms with Gasteiger partial charge in [0.15, 0.2) is 0 Å². The first kappa shape index (κ1) is 13.6. The summed E-state index contributed by atoms with van der Waals surface area (Å²) in [6, 6.07) is 4.09. The molecule has 0 bridgehead atoms. The van der Waals surface area contributed by atoms with Gasteiger partial charge in [-0.3, -0.25) is 9.59 Å². The predicted octanol–water partition coefficient (Wildman–Crippen LogP) is 2.47. The monoisotopic (exact) mass is 292 g/mol. The van der Waals surface area contributed by atoms with Crippen LogP contribution < -0.4 is 5.32 Å². The van der Waals surface area contributed by atoms with Crippen LogP contribution in [0.1, 0.15) is 49.9 Å². The van der Waals surface area contributed by atoms with Crippen molar-refractivity contribution in [3.8, 4) is 0 Å². The van der Waals surface area contributed by atoms with Crippen molar-refractivity contribution < 1.29 is 9.59 Å². The highest BCUT2D eigenvalue weighted by Crippen LogP contribution is 2.37. The van der Waals surface area contributed by atoms with E-state index in [2.05, 4.69) is 18.3 Å². The Morgan fingerprint density at radius 2 is 2.15 bits per heavy atom. The lowest BCUT2D eigenvalue weighted by atomic mass is 9.91. The lowest BCUT2D eigenvalue weighted by Crippen LogP contribution is -2.65. The minimum atomic E-state index is -0.611. The van der Waals surface area contributed by atoms with Crippen molar-refractivity contribution in [2.45, 2.75) is 50.6 Å². The minimum Gasteiger partial charge on any atom is -0.340 e. The molecule has 5 heteroatoms. The number of nitrogens with one attached hydrogen (secondary N) is 1. The topological polar surface area (TPSA) is 49.4 Å². The van der Waals surface area contributed by atoms with Gasteiger partial charge in [0.25, 0.3) is 0 Å². The molecule has 1 aromatic rings. The lowest BCUT2D eigenvalue weighted by molar-refractivity contribution is -0.152. The quantitative estimate of drug-likeness (QED) is 0.930. The fraction of sp³-hybridized carbons (Fsp3) is 0.600. The van der Waals surface area contributed by atoms with Gasteiger partial charge in [0.2, 0.25) is 11.8 Å². The Labute approximate surface area is 123 Å². The van der Waals surface area contributed by atoms with Gasteiger partial charge in [0.05, 0.1) is 6.04 Å². The molecule has 1 aliphatic heterocycles. The second-order valence-corrected chi connectivity index (χ2v) is 6.69. The van der Waals surface area contributed by atoms with Crippen LogP contribution in [0.5, 0.6) is 0 Å². The van der Waals surface area contributed by atoms with Crippen molar-refractivity contribution in [3.63, 3.8) is 0 Å². The summed E-state index contributed by atoms with van der Waals surface area (Å²) in [5.74, 6) is 0.108. The van der Waals surface area contributed by atoms with Crippen molar-refractivity contribution in [2.24, 2.45) is 0 Å². The number of hydrogen-bond donors (Lipinski definition) is 1. The third-order valence-electron chi connectivity index (χ3n) is 4.45. The molecule has 3 rings (SSSR count). The number of thiophene rings is 1. The van der Waals surface area contributed by atoms with E-state index in [9.17, 15) is 9.59 Å². The zero-order chi connectivity index (χ0) is 14.2. The predicted molar refractivity (Wildman–Crippen MR) is 78.4 cm³/mol. The summed E-state index contributed by atoms with van der Waals surface area (Å²) >= 11 is 1.66. The molecule has 1 saturated heterocycles. The lowest BCUT2D eigenvalue weighted by Gasteiger charge is -2.42. The van der Waals surface area contributed by atoms with Crippen LogP contribution in [0.3, 0.4) is 0 Å². The molecule has 1 aromatic heterocycles. The van der Waals surface area contributed by atoms with Crippen LogP contribution in [0.25, 0.3) is 0 Å². The average molecular weight is 292 g/mol. The van der Waals surface area contributed by atoms with Gasteiger partial charge in [-0.15, -0.1) is 11.3 Å². The Balaban J connectivity index is 1.91. The molecule has 1 atom stereocenters. The largest absolute Gasteiger partial charge is 0.340 e. The van der Waals surface area contributed by atoms with E-state index in [0.29, 0.717) is 0 Å². The van der Waals surface area contributed by atoms with E-state index in [1.54, 1.807) is 16.2 Å². The van der Waals surface area contributed by atoms with Gasteiger partial charge in [0.1, 0.15) is 12.1 Å². The standard InChI is InChI=1S/C15H20N2O2S/c1-2-11(12-6-5-9-20-12)17-10-13(18)16-15(14(17)19)7-3-4-8-15/h5-6,9,11H,2-4,7-8,10H2,1H3,(H,16,18). The maximum atomic E-state index is 12.9. The minimum absolute atomic E-state index is 0.0125. The molecule has 0 aromatic carbocycles. The van der Waals surface area contributed by atoms with Crippen LogP contribution in [0.4, 0.5) is 0 Å². The number of carbonyl (C=O) groups is 2. The van der Waals surface area contributed by atoms with E-state index in [4.69, 9.17) is 0 Å². The van der Waals surface area contributed by atoms with Gasteiger partial charge in [-0.2, -0.15) is 0 Å². The van der Waals surface area contributed by atoms with Crippen LogP contribution in [0.2, 0.25) is 0 Å². The Kier molecular flexibility index (Phi) is 3.54. The van der Waals surface area contributed by atoms with E-state index in [0.717, 1.165) is 32.1 Å². The van der Waals surface area contributed by atoms with E-state index in [1.807, 2.05) is 11.4 Å². The molecule has 1 N–H and O–H groups in total. The third-order valence-corrected chi connectivity index (χ3v) is 5.43. The van der Waals surface area contributed by atoms with Crippen LogP contribution >= 0.6 is 11.3 Å². The summed E-state index contributed by atoms with van der Waals surface area (Å²) in [6.45, 7) is 2.27. The molecule has 20 heavy (non-hydrogen) atoms. The van der Waals surface area contributed by atoms with Crippen molar-refractivity contribution in [2.75, 3.05) is 6.54 Å². The smallest absolute Gasteiger partial charge is 0.249 e. The second kappa shape index (κ2) is 5.20. The number of piperazine rings is 1. The van der Waals surface area contributed by atoms with Crippen LogP contribution in [0.15, 0.2) is 17.5 Å². The van der Waals surface area contributed by atoms with Crippen molar-refractivity contribution in [1.82, 2.24) is 10.2 Å². The summed E-state index contributed by atoms with van der Waals surface area (Å²) in [4.78, 5) is 27.9. The highest BCUT2D eigenvalue weighted by molar-refractivity contribution is 7.10. The first-order valence-corrected chi connectivity index (χ1v) is 8.20. The molecule has 1 aliphatic carbocycles. The molecule has 2 aliphatic rings. The normalized spacial score (nSPS) is 23.1. The van der Waals surface area contributed by atoms with E-state index >= 15 is 0 Å². The highest BCUT2D eigenvalue weighted by atomic mass is 32.1. The van der Waals surface area contributed by atoms with Crippen molar-refractivity contribution in [1.29, 1.82) is 0 Å². The van der Waals surface area contributed by atoms with E-state index < -0.39 is 5.54 Å². The van der Waals surface area contributed by atoms with Gasteiger partial charge in [-0.05, 0) is 30.7 Å². The number of nitrogens with zero attached hydrogens (tertiary/aromatic N) is 1. The van der Waals surface area contributed by atoms with Gasteiger partial charge in [0, 0.05) is 4.88 Å². The van der Waals surface area contributed by atoms with Crippen LogP contribution in [-0.4, -0.2) is 28.8 Å². The van der Waals surface area contributed by atoms with Gasteiger partial charge in [-0.1, -0.05) is 25.8 Å². The Hall–Kier alpha value is -1.36. The fourth-order valence-corrected chi connectivity index (χ4v) is 4.41. The first-order valence-electron chi connectivity index (χ1n) is 7.32. The molecular formula is C15H20N2O2S. The SMILES string of the molecule is CCC(c1cccs1)N1CC(=O)NC2(CCCC2)C1=O. The van der Waals surface area contributed by atoms with Gasteiger partial charge in [-0.25, -0.2) is 0 Å². The second-order valence-electron chi connectivity index (χ2n) is 5.71. The van der Waals surface area contributed by atoms with Gasteiger partial charge < -0.3 is 10.2 Å². The number of hydrogen-bond acceptors (Lipinski definition) is 3. The summed E-state index contributed by atoms with van der Waals surface area (Å²) in [6.07, 6.45) is 4.46. The molecule has 108 valence electrons. The van der Waals surface area contributed by atoms with E-state index in [-0.39, 0.29) is 24.4 Å². The molecule has 2 amide bonds. The molecular weight excluding hydrogens is 272 g/mol. The average Bonchev–Trinajstić information content (AvgIpc) is 3.08. The molecule has 2 fully saturated rings. The fourth-order valence-electron chi connectivity index (χ4n) is 3.49.